The SMILES string of the molecule is COc1ccccc1C(C)(C)NC(=O)NC1CCSCC1. The van der Waals surface area contributed by atoms with E-state index in [1.807, 2.05) is 49.9 Å². The fraction of sp³-hybridized carbons (Fsp3) is 0.562. The molecule has 1 aliphatic heterocycles. The summed E-state index contributed by atoms with van der Waals surface area (Å²) in [5, 5.41) is 6.14. The normalized spacial score (nSPS) is 16.3. The van der Waals surface area contributed by atoms with Gasteiger partial charge in [-0.15, -0.1) is 0 Å². The van der Waals surface area contributed by atoms with Crippen LogP contribution >= 0.6 is 11.8 Å². The lowest BCUT2D eigenvalue weighted by atomic mass is 9.93. The van der Waals surface area contributed by atoms with Crippen LogP contribution in [0.15, 0.2) is 24.3 Å². The molecular formula is C16H24N2O2S. The molecular weight excluding hydrogens is 284 g/mol. The Morgan fingerprint density at radius 2 is 1.95 bits per heavy atom. The molecule has 2 N–H and O–H groups in total. The van der Waals surface area contributed by atoms with Gasteiger partial charge in [-0.2, -0.15) is 11.8 Å². The van der Waals surface area contributed by atoms with Gasteiger partial charge >= 0.3 is 6.03 Å². The van der Waals surface area contributed by atoms with E-state index in [2.05, 4.69) is 10.6 Å². The molecule has 0 spiro atoms. The molecule has 2 rings (SSSR count). The number of amides is 2. The van der Waals surface area contributed by atoms with Crippen LogP contribution in [0.25, 0.3) is 0 Å². The van der Waals surface area contributed by atoms with E-state index >= 15 is 0 Å². The monoisotopic (exact) mass is 308 g/mol. The number of benzene rings is 1. The summed E-state index contributed by atoms with van der Waals surface area (Å²) in [6.45, 7) is 3.97. The van der Waals surface area contributed by atoms with Gasteiger partial charge in [-0.1, -0.05) is 18.2 Å². The molecule has 0 aromatic heterocycles. The van der Waals surface area contributed by atoms with Crippen molar-refractivity contribution in [3.05, 3.63) is 29.8 Å². The van der Waals surface area contributed by atoms with Crippen LogP contribution in [-0.2, 0) is 5.54 Å². The van der Waals surface area contributed by atoms with Crippen molar-refractivity contribution < 1.29 is 9.53 Å². The van der Waals surface area contributed by atoms with Crippen molar-refractivity contribution in [1.29, 1.82) is 0 Å². The minimum absolute atomic E-state index is 0.109. The average molecular weight is 308 g/mol. The standard InChI is InChI=1S/C16H24N2O2S/c1-16(2,13-6-4-5-7-14(13)20-3)18-15(19)17-12-8-10-21-11-9-12/h4-7,12H,8-11H2,1-3H3,(H2,17,18,19). The van der Waals surface area contributed by atoms with Gasteiger partial charge in [-0.05, 0) is 44.3 Å². The summed E-state index contributed by atoms with van der Waals surface area (Å²) in [5.74, 6) is 3.04. The second kappa shape index (κ2) is 7.07. The van der Waals surface area contributed by atoms with Crippen molar-refractivity contribution in [1.82, 2.24) is 10.6 Å². The molecule has 1 saturated heterocycles. The lowest BCUT2D eigenvalue weighted by Crippen LogP contribution is -2.50. The van der Waals surface area contributed by atoms with Crippen molar-refractivity contribution in [2.45, 2.75) is 38.3 Å². The molecule has 1 heterocycles. The van der Waals surface area contributed by atoms with E-state index in [4.69, 9.17) is 4.74 Å². The molecule has 1 aliphatic rings. The zero-order valence-corrected chi connectivity index (χ0v) is 13.8. The molecule has 0 aliphatic carbocycles. The highest BCUT2D eigenvalue weighted by molar-refractivity contribution is 7.99. The average Bonchev–Trinajstić information content (AvgIpc) is 2.47. The van der Waals surface area contributed by atoms with E-state index in [-0.39, 0.29) is 6.03 Å². The van der Waals surface area contributed by atoms with Crippen LogP contribution < -0.4 is 15.4 Å². The first kappa shape index (κ1) is 16.0. The first-order chi connectivity index (χ1) is 10.0. The van der Waals surface area contributed by atoms with Crippen molar-refractivity contribution in [3.63, 3.8) is 0 Å². The fourth-order valence-corrected chi connectivity index (χ4v) is 3.68. The van der Waals surface area contributed by atoms with Crippen LogP contribution in [0.1, 0.15) is 32.3 Å². The van der Waals surface area contributed by atoms with E-state index in [1.165, 1.54) is 0 Å². The maximum Gasteiger partial charge on any atom is 0.315 e. The molecule has 0 unspecified atom stereocenters. The van der Waals surface area contributed by atoms with Crippen LogP contribution in [0.5, 0.6) is 5.75 Å². The Bertz CT molecular complexity index is 485. The van der Waals surface area contributed by atoms with Gasteiger partial charge in [0.2, 0.25) is 0 Å². The van der Waals surface area contributed by atoms with E-state index in [9.17, 15) is 4.79 Å². The molecule has 2 amide bonds. The molecule has 0 radical (unpaired) electrons. The zero-order chi connectivity index (χ0) is 15.3. The maximum atomic E-state index is 12.2. The lowest BCUT2D eigenvalue weighted by Gasteiger charge is -2.30. The van der Waals surface area contributed by atoms with Crippen molar-refractivity contribution >= 4 is 17.8 Å². The highest BCUT2D eigenvalue weighted by atomic mass is 32.2. The molecule has 1 fully saturated rings. The van der Waals surface area contributed by atoms with E-state index in [0.29, 0.717) is 6.04 Å². The Morgan fingerprint density at radius 3 is 2.62 bits per heavy atom. The van der Waals surface area contributed by atoms with Crippen molar-refractivity contribution in [2.75, 3.05) is 18.6 Å². The van der Waals surface area contributed by atoms with Crippen LogP contribution in [0.3, 0.4) is 0 Å². The van der Waals surface area contributed by atoms with Gasteiger partial charge < -0.3 is 15.4 Å². The number of hydrogen-bond acceptors (Lipinski definition) is 3. The van der Waals surface area contributed by atoms with Gasteiger partial charge in [-0.25, -0.2) is 4.79 Å². The summed E-state index contributed by atoms with van der Waals surface area (Å²) in [5.41, 5.74) is 0.488. The summed E-state index contributed by atoms with van der Waals surface area (Å²) in [6.07, 6.45) is 2.10. The highest BCUT2D eigenvalue weighted by Gasteiger charge is 2.27. The highest BCUT2D eigenvalue weighted by Crippen LogP contribution is 2.29. The van der Waals surface area contributed by atoms with Crippen molar-refractivity contribution in [3.8, 4) is 5.75 Å². The summed E-state index contributed by atoms with van der Waals surface area (Å²) >= 11 is 1.95. The second-order valence-electron chi connectivity index (χ2n) is 5.81. The molecule has 4 nitrogen and oxygen atoms in total. The number of urea groups is 1. The molecule has 5 heteroatoms. The molecule has 0 bridgehead atoms. The third kappa shape index (κ3) is 4.30. The molecule has 1 aromatic carbocycles. The maximum absolute atomic E-state index is 12.2. The van der Waals surface area contributed by atoms with Gasteiger partial charge in [0, 0.05) is 11.6 Å². The van der Waals surface area contributed by atoms with Gasteiger partial charge in [0.05, 0.1) is 12.6 Å². The number of para-hydroxylation sites is 1. The largest absolute Gasteiger partial charge is 0.496 e. The molecule has 1 aromatic rings. The first-order valence-corrected chi connectivity index (χ1v) is 8.48. The number of carbonyl (C=O) groups is 1. The van der Waals surface area contributed by atoms with Gasteiger partial charge in [0.25, 0.3) is 0 Å². The van der Waals surface area contributed by atoms with Gasteiger partial charge in [0.1, 0.15) is 5.75 Å². The molecule has 0 saturated carbocycles. The second-order valence-corrected chi connectivity index (χ2v) is 7.04. The van der Waals surface area contributed by atoms with E-state index in [1.54, 1.807) is 7.11 Å². The van der Waals surface area contributed by atoms with Crippen LogP contribution in [0.2, 0.25) is 0 Å². The summed E-state index contributed by atoms with van der Waals surface area (Å²) in [7, 11) is 1.65. The zero-order valence-electron chi connectivity index (χ0n) is 12.9. The Labute approximate surface area is 131 Å². The Hall–Kier alpha value is -1.36. The minimum Gasteiger partial charge on any atom is -0.496 e. The minimum atomic E-state index is -0.486. The summed E-state index contributed by atoms with van der Waals surface area (Å²) < 4.78 is 5.39. The predicted octanol–water partition coefficient (Wildman–Crippen LogP) is 3.13. The lowest BCUT2D eigenvalue weighted by molar-refractivity contribution is 0.224. The number of nitrogens with one attached hydrogen (secondary N) is 2. The first-order valence-electron chi connectivity index (χ1n) is 7.33. The fourth-order valence-electron chi connectivity index (χ4n) is 2.58. The van der Waals surface area contributed by atoms with E-state index < -0.39 is 5.54 Å². The molecule has 21 heavy (non-hydrogen) atoms. The Morgan fingerprint density at radius 1 is 1.29 bits per heavy atom. The van der Waals surface area contributed by atoms with Crippen LogP contribution in [0.4, 0.5) is 4.79 Å². The van der Waals surface area contributed by atoms with Crippen LogP contribution in [-0.4, -0.2) is 30.7 Å². The van der Waals surface area contributed by atoms with E-state index in [0.717, 1.165) is 35.7 Å². The van der Waals surface area contributed by atoms with Gasteiger partial charge in [-0.3, -0.25) is 0 Å². The number of carbonyl (C=O) groups excluding carboxylic acids is 1. The quantitative estimate of drug-likeness (QED) is 0.898. The third-order valence-electron chi connectivity index (χ3n) is 3.76. The van der Waals surface area contributed by atoms with Crippen molar-refractivity contribution in [2.24, 2.45) is 0 Å². The third-order valence-corrected chi connectivity index (χ3v) is 4.81. The van der Waals surface area contributed by atoms with Gasteiger partial charge in [0.15, 0.2) is 0 Å². The molecule has 0 atom stereocenters. The topological polar surface area (TPSA) is 50.4 Å². The Kier molecular flexibility index (Phi) is 5.39. The summed E-state index contributed by atoms with van der Waals surface area (Å²) in [6, 6.07) is 7.96. The summed E-state index contributed by atoms with van der Waals surface area (Å²) in [4.78, 5) is 12.2. The smallest absolute Gasteiger partial charge is 0.315 e. The number of hydrogen-bond donors (Lipinski definition) is 2. The number of thioether (sulfide) groups is 1. The molecule has 116 valence electrons. The Balaban J connectivity index is 2.00. The van der Waals surface area contributed by atoms with Crippen LogP contribution in [0, 0.1) is 0 Å². The number of rotatable bonds is 4. The predicted molar refractivity (Wildman–Crippen MR) is 88.0 cm³/mol. The number of ether oxygens (including phenoxy) is 1. The number of methoxy groups -OCH3 is 1.